The second kappa shape index (κ2) is 7.63. The summed E-state index contributed by atoms with van der Waals surface area (Å²) >= 11 is 1.62. The molecule has 132 valence electrons. The summed E-state index contributed by atoms with van der Waals surface area (Å²) < 4.78 is 0. The molecule has 0 aliphatic carbocycles. The van der Waals surface area contributed by atoms with Crippen LogP contribution in [0.1, 0.15) is 11.8 Å². The zero-order valence-electron chi connectivity index (χ0n) is 14.1. The van der Waals surface area contributed by atoms with Crippen LogP contribution in [0.4, 0.5) is 0 Å². The Morgan fingerprint density at radius 2 is 2.08 bits per heavy atom. The van der Waals surface area contributed by atoms with Crippen LogP contribution in [0.2, 0.25) is 0 Å². The molecule has 0 aromatic carbocycles. The van der Waals surface area contributed by atoms with Crippen molar-refractivity contribution in [3.63, 3.8) is 0 Å². The monoisotopic (exact) mass is 351 g/mol. The Labute approximate surface area is 146 Å². The molecule has 1 N–H and O–H groups in total. The van der Waals surface area contributed by atoms with Gasteiger partial charge in [-0.3, -0.25) is 14.5 Å². The van der Waals surface area contributed by atoms with Crippen molar-refractivity contribution in [1.82, 2.24) is 14.7 Å². The van der Waals surface area contributed by atoms with Gasteiger partial charge >= 0.3 is 5.97 Å². The van der Waals surface area contributed by atoms with Crippen molar-refractivity contribution in [3.8, 4) is 0 Å². The van der Waals surface area contributed by atoms with Gasteiger partial charge in [0, 0.05) is 50.2 Å². The van der Waals surface area contributed by atoms with E-state index >= 15 is 0 Å². The van der Waals surface area contributed by atoms with Gasteiger partial charge in [0.05, 0.1) is 12.3 Å². The van der Waals surface area contributed by atoms with E-state index in [1.165, 1.54) is 0 Å². The fraction of sp³-hybridized carbons (Fsp3) is 0.647. The van der Waals surface area contributed by atoms with Gasteiger partial charge in [-0.05, 0) is 18.0 Å². The fourth-order valence-electron chi connectivity index (χ4n) is 3.65. The third-order valence-corrected chi connectivity index (χ3v) is 5.94. The zero-order chi connectivity index (χ0) is 17.1. The van der Waals surface area contributed by atoms with Crippen molar-refractivity contribution in [3.05, 3.63) is 22.4 Å². The van der Waals surface area contributed by atoms with Gasteiger partial charge in [0.2, 0.25) is 5.91 Å². The Morgan fingerprint density at radius 1 is 1.25 bits per heavy atom. The molecule has 2 unspecified atom stereocenters. The number of aliphatic carboxylic acids is 1. The summed E-state index contributed by atoms with van der Waals surface area (Å²) in [5, 5.41) is 11.4. The van der Waals surface area contributed by atoms with Crippen LogP contribution in [-0.2, 0) is 16.0 Å². The molecule has 0 spiro atoms. The number of rotatable bonds is 4. The van der Waals surface area contributed by atoms with Gasteiger partial charge in [-0.25, -0.2) is 0 Å². The number of nitrogens with zero attached hydrogens (tertiary/aromatic N) is 3. The first-order valence-electron chi connectivity index (χ1n) is 8.56. The Bertz CT molecular complexity index is 578. The van der Waals surface area contributed by atoms with Crippen LogP contribution in [0, 0.1) is 5.92 Å². The molecule has 2 aliphatic rings. The highest BCUT2D eigenvalue weighted by Gasteiger charge is 2.36. The molecule has 2 aliphatic heterocycles. The first-order chi connectivity index (χ1) is 11.6. The van der Waals surface area contributed by atoms with E-state index in [1.807, 2.05) is 22.4 Å². The number of carboxylic acid groups (broad SMARTS) is 1. The van der Waals surface area contributed by atoms with Crippen molar-refractivity contribution >= 4 is 23.2 Å². The van der Waals surface area contributed by atoms with E-state index in [-0.39, 0.29) is 17.9 Å². The summed E-state index contributed by atoms with van der Waals surface area (Å²) in [6, 6.07) is 4.21. The summed E-state index contributed by atoms with van der Waals surface area (Å²) in [5.74, 6) is -0.882. The zero-order valence-corrected chi connectivity index (χ0v) is 14.9. The van der Waals surface area contributed by atoms with Gasteiger partial charge in [0.25, 0.3) is 0 Å². The van der Waals surface area contributed by atoms with E-state index in [9.17, 15) is 14.7 Å². The average molecular weight is 351 g/mol. The molecule has 0 saturated carbocycles. The molecule has 1 aromatic heterocycles. The second-order valence-electron chi connectivity index (χ2n) is 6.63. The minimum atomic E-state index is -0.717. The van der Waals surface area contributed by atoms with Crippen molar-refractivity contribution < 1.29 is 14.7 Å². The largest absolute Gasteiger partial charge is 0.481 e. The number of likely N-dealkylation sites (N-methyl/N-ethyl adjacent to an activating group) is 1. The van der Waals surface area contributed by atoms with Gasteiger partial charge in [-0.15, -0.1) is 11.3 Å². The number of carbonyl (C=O) groups excluding carboxylic acids is 1. The van der Waals surface area contributed by atoms with Crippen LogP contribution >= 0.6 is 11.3 Å². The quantitative estimate of drug-likeness (QED) is 0.871. The van der Waals surface area contributed by atoms with E-state index in [0.717, 1.165) is 24.5 Å². The molecule has 7 heteroatoms. The van der Waals surface area contributed by atoms with Crippen LogP contribution in [0.15, 0.2) is 17.5 Å². The average Bonchev–Trinajstić information content (AvgIpc) is 2.99. The normalized spacial score (nSPS) is 26.0. The molecule has 24 heavy (non-hydrogen) atoms. The highest BCUT2D eigenvalue weighted by atomic mass is 32.1. The second-order valence-corrected chi connectivity index (χ2v) is 7.66. The molecule has 3 heterocycles. The lowest BCUT2D eigenvalue weighted by molar-refractivity contribution is -0.143. The number of carboxylic acids is 1. The summed E-state index contributed by atoms with van der Waals surface area (Å²) in [7, 11) is 0. The SMILES string of the molecule is CCN1CC(C(=O)O)CN2CCN(C(=O)Cc3cccs3)CC2C1. The van der Waals surface area contributed by atoms with E-state index in [0.29, 0.717) is 32.6 Å². The molecule has 2 saturated heterocycles. The van der Waals surface area contributed by atoms with E-state index < -0.39 is 5.97 Å². The van der Waals surface area contributed by atoms with Gasteiger partial charge in [0.1, 0.15) is 0 Å². The molecule has 1 aromatic rings. The number of piperazine rings is 1. The Kier molecular flexibility index (Phi) is 5.53. The van der Waals surface area contributed by atoms with E-state index in [2.05, 4.69) is 16.7 Å². The first kappa shape index (κ1) is 17.4. The summed E-state index contributed by atoms with van der Waals surface area (Å²) in [5.41, 5.74) is 0. The third-order valence-electron chi connectivity index (χ3n) is 5.06. The number of hydrogen-bond acceptors (Lipinski definition) is 5. The summed E-state index contributed by atoms with van der Waals surface area (Å²) in [6.45, 7) is 7.09. The van der Waals surface area contributed by atoms with Crippen LogP contribution in [0.3, 0.4) is 0 Å². The first-order valence-corrected chi connectivity index (χ1v) is 9.44. The van der Waals surface area contributed by atoms with Crippen LogP contribution < -0.4 is 0 Å². The number of thiophene rings is 1. The van der Waals surface area contributed by atoms with E-state index in [1.54, 1.807) is 11.3 Å². The maximum atomic E-state index is 12.6. The smallest absolute Gasteiger partial charge is 0.309 e. The topological polar surface area (TPSA) is 64.1 Å². The van der Waals surface area contributed by atoms with Crippen molar-refractivity contribution in [1.29, 1.82) is 0 Å². The molecule has 2 fully saturated rings. The Morgan fingerprint density at radius 3 is 2.75 bits per heavy atom. The van der Waals surface area contributed by atoms with Crippen LogP contribution in [-0.4, -0.2) is 83.5 Å². The number of amides is 1. The number of fused-ring (bicyclic) bond motifs is 1. The maximum absolute atomic E-state index is 12.6. The lowest BCUT2D eigenvalue weighted by Gasteiger charge is -2.41. The van der Waals surface area contributed by atoms with E-state index in [4.69, 9.17) is 0 Å². The maximum Gasteiger partial charge on any atom is 0.309 e. The minimum Gasteiger partial charge on any atom is -0.481 e. The predicted octanol–water partition coefficient (Wildman–Crippen LogP) is 0.840. The molecule has 1 amide bonds. The Hall–Kier alpha value is -1.44. The van der Waals surface area contributed by atoms with Gasteiger partial charge in [-0.1, -0.05) is 13.0 Å². The van der Waals surface area contributed by atoms with Crippen LogP contribution in [0.25, 0.3) is 0 Å². The highest BCUT2D eigenvalue weighted by molar-refractivity contribution is 7.10. The molecular formula is C17H25N3O3S. The lowest BCUT2D eigenvalue weighted by Crippen LogP contribution is -2.57. The van der Waals surface area contributed by atoms with Gasteiger partial charge < -0.3 is 14.9 Å². The fourth-order valence-corrected chi connectivity index (χ4v) is 4.34. The molecule has 2 atom stereocenters. The molecule has 3 rings (SSSR count). The van der Waals surface area contributed by atoms with Crippen molar-refractivity contribution in [2.24, 2.45) is 5.92 Å². The van der Waals surface area contributed by atoms with Crippen molar-refractivity contribution in [2.75, 3.05) is 45.8 Å². The highest BCUT2D eigenvalue weighted by Crippen LogP contribution is 2.20. The third kappa shape index (κ3) is 3.96. The molecule has 0 radical (unpaired) electrons. The lowest BCUT2D eigenvalue weighted by atomic mass is 10.1. The summed E-state index contributed by atoms with van der Waals surface area (Å²) in [6.07, 6.45) is 0.472. The standard InChI is InChI=1S/C17H25N3O3S/c1-2-18-9-13(17(22)23)10-19-5-6-20(12-14(19)11-18)16(21)8-15-4-3-7-24-15/h3-4,7,13-14H,2,5-6,8-12H2,1H3,(H,22,23). The number of hydrogen-bond donors (Lipinski definition) is 1. The minimum absolute atomic E-state index is 0.180. The van der Waals surface area contributed by atoms with Crippen LogP contribution in [0.5, 0.6) is 0 Å². The molecular weight excluding hydrogens is 326 g/mol. The predicted molar refractivity (Wildman–Crippen MR) is 93.2 cm³/mol. The number of carbonyl (C=O) groups is 2. The molecule has 6 nitrogen and oxygen atoms in total. The summed E-state index contributed by atoms with van der Waals surface area (Å²) in [4.78, 5) is 31.6. The Balaban J connectivity index is 1.65. The van der Waals surface area contributed by atoms with Crippen molar-refractivity contribution in [2.45, 2.75) is 19.4 Å². The van der Waals surface area contributed by atoms with Gasteiger partial charge in [-0.2, -0.15) is 0 Å². The molecule has 0 bridgehead atoms. The van der Waals surface area contributed by atoms with Gasteiger partial charge in [0.15, 0.2) is 0 Å².